The van der Waals surface area contributed by atoms with Crippen molar-refractivity contribution in [3.8, 4) is 6.07 Å². The SMILES string of the molecule is CS/C(NCc1ccc(Cl)nc1)=C(/C#N)C(=O)N1CCOCC1. The fraction of sp³-hybridized carbons (Fsp3) is 0.400. The summed E-state index contributed by atoms with van der Waals surface area (Å²) < 4.78 is 5.23. The second-order valence-corrected chi connectivity index (χ2v) is 5.97. The van der Waals surface area contributed by atoms with Gasteiger partial charge < -0.3 is 15.0 Å². The van der Waals surface area contributed by atoms with E-state index in [1.807, 2.05) is 18.4 Å². The van der Waals surface area contributed by atoms with Gasteiger partial charge in [-0.3, -0.25) is 4.79 Å². The van der Waals surface area contributed by atoms with E-state index in [0.29, 0.717) is 43.0 Å². The molecule has 0 saturated carbocycles. The Morgan fingerprint density at radius 2 is 2.26 bits per heavy atom. The van der Waals surface area contributed by atoms with Crippen molar-refractivity contribution in [3.63, 3.8) is 0 Å². The molecule has 0 aliphatic carbocycles. The van der Waals surface area contributed by atoms with Crippen LogP contribution in [0.4, 0.5) is 0 Å². The molecule has 1 saturated heterocycles. The molecule has 1 aliphatic rings. The Balaban J connectivity index is 2.10. The van der Waals surface area contributed by atoms with Gasteiger partial charge in [0.15, 0.2) is 0 Å². The third-order valence-corrected chi connectivity index (χ3v) is 4.28. The number of thioether (sulfide) groups is 1. The van der Waals surface area contributed by atoms with Gasteiger partial charge in [0.1, 0.15) is 16.8 Å². The first kappa shape index (κ1) is 17.6. The third kappa shape index (κ3) is 4.86. The summed E-state index contributed by atoms with van der Waals surface area (Å²) in [5.41, 5.74) is 1.04. The van der Waals surface area contributed by atoms with E-state index in [-0.39, 0.29) is 11.5 Å². The number of nitrogens with zero attached hydrogens (tertiary/aromatic N) is 3. The molecule has 1 aromatic heterocycles. The van der Waals surface area contributed by atoms with Crippen molar-refractivity contribution in [2.24, 2.45) is 0 Å². The van der Waals surface area contributed by atoms with Crippen LogP contribution in [-0.4, -0.2) is 48.4 Å². The first-order chi connectivity index (χ1) is 11.2. The van der Waals surface area contributed by atoms with E-state index in [0.717, 1.165) is 5.56 Å². The van der Waals surface area contributed by atoms with Crippen LogP contribution < -0.4 is 5.32 Å². The van der Waals surface area contributed by atoms with Gasteiger partial charge in [-0.25, -0.2) is 4.98 Å². The molecule has 0 unspecified atom stereocenters. The number of carbonyl (C=O) groups is 1. The number of nitrogens with one attached hydrogen (secondary N) is 1. The molecule has 1 N–H and O–H groups in total. The number of morpholine rings is 1. The minimum absolute atomic E-state index is 0.126. The van der Waals surface area contributed by atoms with Crippen molar-refractivity contribution in [2.75, 3.05) is 32.6 Å². The number of hydrogen-bond donors (Lipinski definition) is 1. The minimum atomic E-state index is -0.262. The number of rotatable bonds is 5. The van der Waals surface area contributed by atoms with Crippen LogP contribution in [0.5, 0.6) is 0 Å². The van der Waals surface area contributed by atoms with Crippen LogP contribution in [0, 0.1) is 11.3 Å². The molecule has 6 nitrogen and oxygen atoms in total. The third-order valence-electron chi connectivity index (χ3n) is 3.30. The molecule has 2 rings (SSSR count). The summed E-state index contributed by atoms with van der Waals surface area (Å²) in [7, 11) is 0. The molecule has 0 bridgehead atoms. The van der Waals surface area contributed by atoms with E-state index in [1.165, 1.54) is 11.8 Å². The van der Waals surface area contributed by atoms with E-state index in [2.05, 4.69) is 10.3 Å². The van der Waals surface area contributed by atoms with E-state index in [1.54, 1.807) is 17.2 Å². The molecule has 1 amide bonds. The molecule has 0 atom stereocenters. The Hall–Kier alpha value is -1.75. The Morgan fingerprint density at radius 1 is 1.52 bits per heavy atom. The standard InChI is InChI=1S/C15H17ClN4O2S/c1-23-14(19-10-11-2-3-13(16)18-9-11)12(8-17)15(21)20-4-6-22-7-5-20/h2-3,9,19H,4-7,10H2,1H3/b14-12-. The monoisotopic (exact) mass is 352 g/mol. The number of halogens is 1. The highest BCUT2D eigenvalue weighted by Gasteiger charge is 2.23. The predicted octanol–water partition coefficient (Wildman–Crippen LogP) is 1.78. The molecule has 2 heterocycles. The number of ether oxygens (including phenoxy) is 1. The van der Waals surface area contributed by atoms with Gasteiger partial charge in [-0.05, 0) is 17.9 Å². The summed E-state index contributed by atoms with van der Waals surface area (Å²) in [6.45, 7) is 2.48. The normalized spacial score (nSPS) is 15.6. The fourth-order valence-corrected chi connectivity index (χ4v) is 2.74. The van der Waals surface area contributed by atoms with Crippen LogP contribution >= 0.6 is 23.4 Å². The highest BCUT2D eigenvalue weighted by atomic mass is 35.5. The summed E-state index contributed by atoms with van der Waals surface area (Å²) in [6, 6.07) is 5.57. The molecular formula is C15H17ClN4O2S. The molecule has 1 aromatic rings. The van der Waals surface area contributed by atoms with Crippen LogP contribution in [0.2, 0.25) is 5.15 Å². The molecule has 8 heteroatoms. The number of carbonyl (C=O) groups excluding carboxylic acids is 1. The maximum absolute atomic E-state index is 12.5. The quantitative estimate of drug-likeness (QED) is 0.494. The first-order valence-corrected chi connectivity index (χ1v) is 8.65. The molecule has 1 fully saturated rings. The molecule has 0 aromatic carbocycles. The Bertz CT molecular complexity index is 621. The van der Waals surface area contributed by atoms with Crippen LogP contribution in [0.3, 0.4) is 0 Å². The van der Waals surface area contributed by atoms with Crippen LogP contribution in [-0.2, 0) is 16.1 Å². The van der Waals surface area contributed by atoms with Crippen LogP contribution in [0.25, 0.3) is 0 Å². The Labute approximate surface area is 144 Å². The smallest absolute Gasteiger partial charge is 0.267 e. The number of amides is 1. The van der Waals surface area contributed by atoms with Crippen molar-refractivity contribution in [1.29, 1.82) is 5.26 Å². The molecule has 122 valence electrons. The average Bonchev–Trinajstić information content (AvgIpc) is 2.60. The number of aromatic nitrogens is 1. The van der Waals surface area contributed by atoms with Crippen molar-refractivity contribution in [2.45, 2.75) is 6.54 Å². The maximum atomic E-state index is 12.5. The van der Waals surface area contributed by atoms with Gasteiger partial charge in [-0.1, -0.05) is 17.7 Å². The lowest BCUT2D eigenvalue weighted by molar-refractivity contribution is -0.130. The molecule has 23 heavy (non-hydrogen) atoms. The van der Waals surface area contributed by atoms with Gasteiger partial charge in [0.05, 0.1) is 18.2 Å². The number of hydrogen-bond acceptors (Lipinski definition) is 6. The van der Waals surface area contributed by atoms with Crippen molar-refractivity contribution in [3.05, 3.63) is 39.6 Å². The van der Waals surface area contributed by atoms with Crippen molar-refractivity contribution in [1.82, 2.24) is 15.2 Å². The lowest BCUT2D eigenvalue weighted by Gasteiger charge is -2.27. The van der Waals surface area contributed by atoms with Gasteiger partial charge >= 0.3 is 0 Å². The number of nitriles is 1. The van der Waals surface area contributed by atoms with Crippen molar-refractivity contribution >= 4 is 29.3 Å². The van der Waals surface area contributed by atoms with Gasteiger partial charge in [-0.2, -0.15) is 5.26 Å². The van der Waals surface area contributed by atoms with Gasteiger partial charge in [0.2, 0.25) is 0 Å². The van der Waals surface area contributed by atoms with Gasteiger partial charge in [0.25, 0.3) is 5.91 Å². The lowest BCUT2D eigenvalue weighted by Crippen LogP contribution is -2.41. The molecule has 0 spiro atoms. The second-order valence-electron chi connectivity index (χ2n) is 4.77. The van der Waals surface area contributed by atoms with Crippen LogP contribution in [0.15, 0.2) is 28.9 Å². The van der Waals surface area contributed by atoms with E-state index in [9.17, 15) is 10.1 Å². The second kappa shape index (κ2) is 8.77. The Morgan fingerprint density at radius 3 is 2.83 bits per heavy atom. The molecule has 0 radical (unpaired) electrons. The predicted molar refractivity (Wildman–Crippen MR) is 89.6 cm³/mol. The molecular weight excluding hydrogens is 336 g/mol. The van der Waals surface area contributed by atoms with E-state index < -0.39 is 0 Å². The summed E-state index contributed by atoms with van der Waals surface area (Å²) in [4.78, 5) is 18.1. The first-order valence-electron chi connectivity index (χ1n) is 7.05. The summed E-state index contributed by atoms with van der Waals surface area (Å²) in [5.74, 6) is -0.262. The average molecular weight is 353 g/mol. The largest absolute Gasteiger partial charge is 0.378 e. The van der Waals surface area contributed by atoms with Crippen LogP contribution in [0.1, 0.15) is 5.56 Å². The zero-order valence-corrected chi connectivity index (χ0v) is 14.3. The zero-order chi connectivity index (χ0) is 16.7. The number of pyridine rings is 1. The molecule has 1 aliphatic heterocycles. The van der Waals surface area contributed by atoms with Gasteiger partial charge in [-0.15, -0.1) is 11.8 Å². The van der Waals surface area contributed by atoms with E-state index in [4.69, 9.17) is 16.3 Å². The van der Waals surface area contributed by atoms with Gasteiger partial charge in [0, 0.05) is 25.8 Å². The van der Waals surface area contributed by atoms with Crippen molar-refractivity contribution < 1.29 is 9.53 Å². The summed E-state index contributed by atoms with van der Waals surface area (Å²) in [5, 5.41) is 13.5. The van der Waals surface area contributed by atoms with E-state index >= 15 is 0 Å². The summed E-state index contributed by atoms with van der Waals surface area (Å²) >= 11 is 7.09. The highest BCUT2D eigenvalue weighted by Crippen LogP contribution is 2.17. The maximum Gasteiger partial charge on any atom is 0.267 e. The fourth-order valence-electron chi connectivity index (χ4n) is 2.08. The zero-order valence-electron chi connectivity index (χ0n) is 12.7. The minimum Gasteiger partial charge on any atom is -0.378 e. The topological polar surface area (TPSA) is 78.2 Å². The Kier molecular flexibility index (Phi) is 6.71. The highest BCUT2D eigenvalue weighted by molar-refractivity contribution is 8.02. The summed E-state index contributed by atoms with van der Waals surface area (Å²) in [6.07, 6.45) is 3.48. The lowest BCUT2D eigenvalue weighted by atomic mass is 10.2.